The van der Waals surface area contributed by atoms with Gasteiger partial charge in [-0.25, -0.2) is 17.9 Å². The highest BCUT2D eigenvalue weighted by Crippen LogP contribution is 2.19. The van der Waals surface area contributed by atoms with E-state index in [1.807, 2.05) is 0 Å². The van der Waals surface area contributed by atoms with Crippen molar-refractivity contribution in [1.82, 2.24) is 9.62 Å². The number of ether oxygens (including phenoxy) is 1. The molecule has 0 aromatic heterocycles. The van der Waals surface area contributed by atoms with Crippen LogP contribution in [0.1, 0.15) is 13.8 Å². The normalized spacial score (nSPS) is 16.3. The minimum Gasteiger partial charge on any atom is -0.448 e. The van der Waals surface area contributed by atoms with E-state index in [-0.39, 0.29) is 11.4 Å². The van der Waals surface area contributed by atoms with Crippen molar-refractivity contribution in [1.29, 1.82) is 0 Å². The van der Waals surface area contributed by atoms with Crippen LogP contribution in [-0.2, 0) is 14.8 Å². The van der Waals surface area contributed by atoms with Gasteiger partial charge in [0.2, 0.25) is 10.0 Å². The fourth-order valence-corrected chi connectivity index (χ4v) is 3.22. The van der Waals surface area contributed by atoms with Crippen molar-refractivity contribution in [3.8, 4) is 0 Å². The van der Waals surface area contributed by atoms with Gasteiger partial charge in [-0.15, -0.1) is 0 Å². The largest absolute Gasteiger partial charge is 0.448 e. The Kier molecular flexibility index (Phi) is 4.01. The summed E-state index contributed by atoms with van der Waals surface area (Å²) in [7, 11) is -3.57. The van der Waals surface area contributed by atoms with Gasteiger partial charge in [-0.3, -0.25) is 4.90 Å². The van der Waals surface area contributed by atoms with E-state index in [0.29, 0.717) is 13.2 Å². The molecule has 0 spiro atoms. The lowest BCUT2D eigenvalue weighted by Gasteiger charge is -2.33. The van der Waals surface area contributed by atoms with E-state index < -0.39 is 21.7 Å². The molecular weight excluding hydrogens is 280 g/mol. The fraction of sp³-hybridized carbons (Fsp3) is 0.462. The second-order valence-corrected chi connectivity index (χ2v) is 6.98. The minimum absolute atomic E-state index is 0.124. The fourth-order valence-electron chi connectivity index (χ4n) is 1.99. The van der Waals surface area contributed by atoms with Crippen molar-refractivity contribution in [2.45, 2.75) is 24.3 Å². The Hall–Kier alpha value is -1.60. The molecule has 1 heterocycles. The molecule has 1 aliphatic heterocycles. The van der Waals surface area contributed by atoms with Crippen molar-refractivity contribution in [3.63, 3.8) is 0 Å². The predicted molar refractivity (Wildman–Crippen MR) is 73.8 cm³/mol. The van der Waals surface area contributed by atoms with Gasteiger partial charge >= 0.3 is 6.09 Å². The van der Waals surface area contributed by atoms with Gasteiger partial charge in [0.1, 0.15) is 6.61 Å². The highest BCUT2D eigenvalue weighted by atomic mass is 32.2. The van der Waals surface area contributed by atoms with E-state index in [0.717, 1.165) is 0 Å². The molecule has 1 aliphatic rings. The van der Waals surface area contributed by atoms with Crippen LogP contribution < -0.4 is 4.72 Å². The maximum absolute atomic E-state index is 12.1. The van der Waals surface area contributed by atoms with Crippen molar-refractivity contribution in [2.24, 2.45) is 0 Å². The number of benzene rings is 1. The maximum atomic E-state index is 12.1. The van der Waals surface area contributed by atoms with Gasteiger partial charge in [0, 0.05) is 6.54 Å². The van der Waals surface area contributed by atoms with Crippen LogP contribution >= 0.6 is 0 Å². The number of hydrogen-bond donors (Lipinski definition) is 1. The molecule has 0 atom stereocenters. The number of hydrogen-bond acceptors (Lipinski definition) is 4. The average Bonchev–Trinajstić information content (AvgIpc) is 2.85. The molecule has 1 saturated heterocycles. The predicted octanol–water partition coefficient (Wildman–Crippen LogP) is 1.20. The minimum atomic E-state index is -3.57. The molecular formula is C13H18N2O4S. The molecule has 1 aromatic carbocycles. The van der Waals surface area contributed by atoms with Crippen LogP contribution in [0.3, 0.4) is 0 Å². The van der Waals surface area contributed by atoms with E-state index in [4.69, 9.17) is 4.74 Å². The first-order valence-corrected chi connectivity index (χ1v) is 7.80. The monoisotopic (exact) mass is 298 g/mol. The van der Waals surface area contributed by atoms with Crippen molar-refractivity contribution < 1.29 is 17.9 Å². The van der Waals surface area contributed by atoms with Gasteiger partial charge in [-0.2, -0.15) is 0 Å². The van der Waals surface area contributed by atoms with Crippen molar-refractivity contribution >= 4 is 16.1 Å². The first kappa shape index (κ1) is 14.8. The number of rotatable bonds is 5. The van der Waals surface area contributed by atoms with E-state index in [1.165, 1.54) is 17.0 Å². The molecule has 1 aromatic rings. The number of nitrogens with one attached hydrogen (secondary N) is 1. The van der Waals surface area contributed by atoms with E-state index >= 15 is 0 Å². The van der Waals surface area contributed by atoms with Crippen LogP contribution in [-0.4, -0.2) is 44.6 Å². The van der Waals surface area contributed by atoms with E-state index in [9.17, 15) is 13.2 Å². The molecule has 1 fully saturated rings. The first-order valence-electron chi connectivity index (χ1n) is 6.32. The Morgan fingerprint density at radius 3 is 2.50 bits per heavy atom. The van der Waals surface area contributed by atoms with Crippen LogP contribution in [0.15, 0.2) is 35.2 Å². The first-order chi connectivity index (χ1) is 9.33. The standard InChI is InChI=1S/C13H18N2O4S/c1-13(2,15-8-9-19-12(15)16)10-14-20(17,18)11-6-4-3-5-7-11/h3-7,14H,8-10H2,1-2H3. The molecule has 0 bridgehead atoms. The topological polar surface area (TPSA) is 75.7 Å². The third-order valence-corrected chi connectivity index (χ3v) is 4.66. The number of carbonyl (C=O) groups is 1. The lowest BCUT2D eigenvalue weighted by molar-refractivity contribution is 0.127. The Balaban J connectivity index is 2.06. The van der Waals surface area contributed by atoms with E-state index in [1.54, 1.807) is 32.0 Å². The number of carbonyl (C=O) groups excluding carboxylic acids is 1. The summed E-state index contributed by atoms with van der Waals surface area (Å²) in [4.78, 5) is 13.3. The quantitative estimate of drug-likeness (QED) is 0.886. The Bertz CT molecular complexity index is 584. The highest BCUT2D eigenvalue weighted by Gasteiger charge is 2.36. The summed E-state index contributed by atoms with van der Waals surface area (Å²) in [6.45, 7) is 4.53. The van der Waals surface area contributed by atoms with Crippen molar-refractivity contribution in [3.05, 3.63) is 30.3 Å². The molecule has 0 saturated carbocycles. The Morgan fingerprint density at radius 1 is 1.30 bits per heavy atom. The van der Waals surface area contributed by atoms with Gasteiger partial charge in [0.05, 0.1) is 17.0 Å². The average molecular weight is 298 g/mol. The zero-order valence-corrected chi connectivity index (χ0v) is 12.3. The molecule has 1 N–H and O–H groups in total. The summed E-state index contributed by atoms with van der Waals surface area (Å²) in [6.07, 6.45) is -0.408. The summed E-state index contributed by atoms with van der Waals surface area (Å²) in [5.74, 6) is 0. The Labute approximate surface area is 118 Å². The Morgan fingerprint density at radius 2 is 1.95 bits per heavy atom. The van der Waals surface area contributed by atoms with Crippen molar-refractivity contribution in [2.75, 3.05) is 19.7 Å². The number of nitrogens with zero attached hydrogens (tertiary/aromatic N) is 1. The number of amides is 1. The summed E-state index contributed by atoms with van der Waals surface area (Å²) >= 11 is 0. The van der Waals surface area contributed by atoms with Gasteiger partial charge in [-0.1, -0.05) is 18.2 Å². The van der Waals surface area contributed by atoms with Crippen LogP contribution in [0.25, 0.3) is 0 Å². The second-order valence-electron chi connectivity index (χ2n) is 5.22. The molecule has 7 heteroatoms. The molecule has 0 radical (unpaired) electrons. The van der Waals surface area contributed by atoms with E-state index in [2.05, 4.69) is 4.72 Å². The van der Waals surface area contributed by atoms with Crippen LogP contribution in [0, 0.1) is 0 Å². The van der Waals surface area contributed by atoms with Gasteiger partial charge in [0.25, 0.3) is 0 Å². The lowest BCUT2D eigenvalue weighted by atomic mass is 10.0. The number of sulfonamides is 1. The van der Waals surface area contributed by atoms with Crippen LogP contribution in [0.4, 0.5) is 4.79 Å². The second kappa shape index (κ2) is 5.41. The van der Waals surface area contributed by atoms with Crippen LogP contribution in [0.5, 0.6) is 0 Å². The molecule has 0 unspecified atom stereocenters. The molecule has 20 heavy (non-hydrogen) atoms. The van der Waals surface area contributed by atoms with Crippen LogP contribution in [0.2, 0.25) is 0 Å². The number of cyclic esters (lactones) is 1. The third-order valence-electron chi connectivity index (χ3n) is 3.24. The summed E-state index contributed by atoms with van der Waals surface area (Å²) < 4.78 is 31.7. The third kappa shape index (κ3) is 3.10. The lowest BCUT2D eigenvalue weighted by Crippen LogP contribution is -2.52. The zero-order chi connectivity index (χ0) is 14.8. The molecule has 2 rings (SSSR count). The molecule has 110 valence electrons. The summed E-state index contributed by atoms with van der Waals surface area (Å²) in [5.41, 5.74) is -0.643. The zero-order valence-electron chi connectivity index (χ0n) is 11.5. The summed E-state index contributed by atoms with van der Waals surface area (Å²) in [6, 6.07) is 8.14. The van der Waals surface area contributed by atoms with Gasteiger partial charge in [-0.05, 0) is 26.0 Å². The molecule has 1 amide bonds. The SMILES string of the molecule is CC(C)(CNS(=O)(=O)c1ccccc1)N1CCOC1=O. The highest BCUT2D eigenvalue weighted by molar-refractivity contribution is 7.89. The maximum Gasteiger partial charge on any atom is 0.410 e. The smallest absolute Gasteiger partial charge is 0.410 e. The molecule has 6 nitrogen and oxygen atoms in total. The van der Waals surface area contributed by atoms with Gasteiger partial charge < -0.3 is 4.74 Å². The summed E-state index contributed by atoms with van der Waals surface area (Å²) in [5, 5.41) is 0. The van der Waals surface area contributed by atoms with Gasteiger partial charge in [0.15, 0.2) is 0 Å². The molecule has 0 aliphatic carbocycles.